The van der Waals surface area contributed by atoms with Crippen LogP contribution < -0.4 is 0 Å². The second kappa shape index (κ2) is 10.6. The normalized spacial score (nSPS) is 15.8. The zero-order chi connectivity index (χ0) is 25.1. The van der Waals surface area contributed by atoms with E-state index in [9.17, 15) is 14.0 Å². The van der Waals surface area contributed by atoms with E-state index in [1.807, 2.05) is 59.3 Å². The first-order valence-electron chi connectivity index (χ1n) is 11.5. The quantitative estimate of drug-likeness (QED) is 0.347. The lowest BCUT2D eigenvalue weighted by Gasteiger charge is -2.40. The van der Waals surface area contributed by atoms with Gasteiger partial charge < -0.3 is 9.80 Å². The Bertz CT molecular complexity index is 1360. The standard InChI is InChI=1S/C26H24FN5O2S2/c1-18-16-30(13-14-31(18)25(34)20-10-5-6-11-21(20)27)23(33)17-36-26-29-28-24(22-12-7-15-35-22)32(26)19-8-3-2-4-9-19/h2-12,15,18H,13-14,16-17H2,1H3. The molecule has 0 N–H and O–H groups in total. The van der Waals surface area contributed by atoms with Crippen LogP contribution in [-0.4, -0.2) is 67.8 Å². The van der Waals surface area contributed by atoms with Crippen molar-refractivity contribution in [2.45, 2.75) is 18.1 Å². The van der Waals surface area contributed by atoms with Crippen LogP contribution in [0.1, 0.15) is 17.3 Å². The van der Waals surface area contributed by atoms with Gasteiger partial charge in [-0.3, -0.25) is 14.2 Å². The highest BCUT2D eigenvalue weighted by Gasteiger charge is 2.31. The lowest BCUT2D eigenvalue weighted by Crippen LogP contribution is -2.55. The Morgan fingerprint density at radius 1 is 1.03 bits per heavy atom. The molecule has 1 aliphatic rings. The first kappa shape index (κ1) is 24.2. The number of benzene rings is 2. The van der Waals surface area contributed by atoms with Gasteiger partial charge in [-0.25, -0.2) is 4.39 Å². The number of amides is 2. The topological polar surface area (TPSA) is 71.3 Å². The van der Waals surface area contributed by atoms with E-state index in [0.717, 1.165) is 16.4 Å². The van der Waals surface area contributed by atoms with E-state index in [0.29, 0.717) is 24.8 Å². The number of para-hydroxylation sites is 1. The number of halogens is 1. The highest BCUT2D eigenvalue weighted by atomic mass is 32.2. The molecular formula is C26H24FN5O2S2. The van der Waals surface area contributed by atoms with Gasteiger partial charge in [0.15, 0.2) is 11.0 Å². The monoisotopic (exact) mass is 521 g/mol. The predicted molar refractivity (Wildman–Crippen MR) is 139 cm³/mol. The summed E-state index contributed by atoms with van der Waals surface area (Å²) in [6.07, 6.45) is 0. The molecule has 3 heterocycles. The van der Waals surface area contributed by atoms with Gasteiger partial charge in [-0.15, -0.1) is 21.5 Å². The Morgan fingerprint density at radius 2 is 1.81 bits per heavy atom. The van der Waals surface area contributed by atoms with Crippen LogP contribution in [0, 0.1) is 5.82 Å². The molecule has 36 heavy (non-hydrogen) atoms. The smallest absolute Gasteiger partial charge is 0.257 e. The fourth-order valence-electron chi connectivity index (χ4n) is 4.23. The third kappa shape index (κ3) is 4.91. The van der Waals surface area contributed by atoms with Gasteiger partial charge in [0.2, 0.25) is 5.91 Å². The number of piperazine rings is 1. The fourth-order valence-corrected chi connectivity index (χ4v) is 5.78. The molecule has 2 aromatic heterocycles. The summed E-state index contributed by atoms with van der Waals surface area (Å²) in [6, 6.07) is 19.6. The van der Waals surface area contributed by atoms with E-state index in [2.05, 4.69) is 10.2 Å². The van der Waals surface area contributed by atoms with Crippen LogP contribution in [0.25, 0.3) is 16.4 Å². The molecule has 0 spiro atoms. The number of hydrogen-bond acceptors (Lipinski definition) is 6. The molecule has 10 heteroatoms. The van der Waals surface area contributed by atoms with Gasteiger partial charge in [-0.2, -0.15) is 0 Å². The van der Waals surface area contributed by atoms with Crippen molar-refractivity contribution in [2.24, 2.45) is 0 Å². The number of hydrogen-bond donors (Lipinski definition) is 0. The number of carbonyl (C=O) groups excluding carboxylic acids is 2. The van der Waals surface area contributed by atoms with Crippen LogP contribution in [0.2, 0.25) is 0 Å². The minimum Gasteiger partial charge on any atom is -0.338 e. The Labute approximate surface area is 216 Å². The van der Waals surface area contributed by atoms with Crippen molar-refractivity contribution in [3.63, 3.8) is 0 Å². The third-order valence-electron chi connectivity index (χ3n) is 6.06. The number of nitrogens with zero attached hydrogens (tertiary/aromatic N) is 5. The molecule has 1 unspecified atom stereocenters. The molecule has 2 amide bonds. The van der Waals surface area contributed by atoms with Crippen molar-refractivity contribution in [3.05, 3.63) is 83.5 Å². The Morgan fingerprint density at radius 3 is 2.53 bits per heavy atom. The number of thioether (sulfide) groups is 1. The molecule has 184 valence electrons. The van der Waals surface area contributed by atoms with Crippen molar-refractivity contribution in [1.29, 1.82) is 0 Å². The zero-order valence-electron chi connectivity index (χ0n) is 19.6. The zero-order valence-corrected chi connectivity index (χ0v) is 21.2. The van der Waals surface area contributed by atoms with Gasteiger partial charge in [0, 0.05) is 31.4 Å². The fraction of sp³-hybridized carbons (Fsp3) is 0.231. The molecule has 1 saturated heterocycles. The van der Waals surface area contributed by atoms with Gasteiger partial charge in [0.1, 0.15) is 5.82 Å². The molecule has 0 radical (unpaired) electrons. The second-order valence-electron chi connectivity index (χ2n) is 8.41. The molecular weight excluding hydrogens is 497 g/mol. The summed E-state index contributed by atoms with van der Waals surface area (Å²) in [5.41, 5.74) is 0.983. The molecule has 1 aliphatic heterocycles. The summed E-state index contributed by atoms with van der Waals surface area (Å²) in [5, 5.41) is 11.4. The summed E-state index contributed by atoms with van der Waals surface area (Å²) >= 11 is 2.93. The number of thiophene rings is 1. The first-order valence-corrected chi connectivity index (χ1v) is 13.4. The van der Waals surface area contributed by atoms with Crippen molar-refractivity contribution in [2.75, 3.05) is 25.4 Å². The van der Waals surface area contributed by atoms with E-state index in [4.69, 9.17) is 0 Å². The largest absolute Gasteiger partial charge is 0.338 e. The van der Waals surface area contributed by atoms with Gasteiger partial charge in [-0.1, -0.05) is 48.2 Å². The molecule has 0 aliphatic carbocycles. The molecule has 1 fully saturated rings. The van der Waals surface area contributed by atoms with Gasteiger partial charge in [0.25, 0.3) is 5.91 Å². The lowest BCUT2D eigenvalue weighted by atomic mass is 10.1. The highest BCUT2D eigenvalue weighted by Crippen LogP contribution is 2.30. The van der Waals surface area contributed by atoms with Crippen LogP contribution in [0.3, 0.4) is 0 Å². The molecule has 2 aromatic carbocycles. The van der Waals surface area contributed by atoms with E-state index >= 15 is 0 Å². The molecule has 5 rings (SSSR count). The molecule has 4 aromatic rings. The Kier molecular flexibility index (Phi) is 7.15. The van der Waals surface area contributed by atoms with Crippen LogP contribution in [0.5, 0.6) is 0 Å². The molecule has 1 atom stereocenters. The minimum atomic E-state index is -0.533. The van der Waals surface area contributed by atoms with Crippen molar-refractivity contribution in [3.8, 4) is 16.4 Å². The van der Waals surface area contributed by atoms with Crippen LogP contribution in [-0.2, 0) is 4.79 Å². The summed E-state index contributed by atoms with van der Waals surface area (Å²) in [7, 11) is 0. The second-order valence-corrected chi connectivity index (χ2v) is 10.3. The molecule has 7 nitrogen and oxygen atoms in total. The van der Waals surface area contributed by atoms with E-state index < -0.39 is 5.82 Å². The summed E-state index contributed by atoms with van der Waals surface area (Å²) in [6.45, 7) is 3.03. The van der Waals surface area contributed by atoms with Crippen LogP contribution in [0.15, 0.2) is 77.3 Å². The van der Waals surface area contributed by atoms with Gasteiger partial charge >= 0.3 is 0 Å². The third-order valence-corrected chi connectivity index (χ3v) is 7.84. The average molecular weight is 522 g/mol. The SMILES string of the molecule is CC1CN(C(=O)CSc2nnc(-c3cccs3)n2-c2ccccc2)CCN1C(=O)c1ccccc1F. The Balaban J connectivity index is 1.26. The van der Waals surface area contributed by atoms with Crippen molar-refractivity contribution < 1.29 is 14.0 Å². The van der Waals surface area contributed by atoms with E-state index in [1.54, 1.807) is 33.3 Å². The first-order chi connectivity index (χ1) is 17.5. The highest BCUT2D eigenvalue weighted by molar-refractivity contribution is 7.99. The number of aromatic nitrogens is 3. The van der Waals surface area contributed by atoms with Crippen molar-refractivity contribution in [1.82, 2.24) is 24.6 Å². The van der Waals surface area contributed by atoms with Gasteiger partial charge in [-0.05, 0) is 42.6 Å². The minimum absolute atomic E-state index is 0.0369. The van der Waals surface area contributed by atoms with Gasteiger partial charge in [0.05, 0.1) is 16.2 Å². The lowest BCUT2D eigenvalue weighted by molar-refractivity contribution is -0.130. The van der Waals surface area contributed by atoms with Crippen LogP contribution >= 0.6 is 23.1 Å². The maximum Gasteiger partial charge on any atom is 0.257 e. The predicted octanol–water partition coefficient (Wildman–Crippen LogP) is 4.60. The molecule has 0 bridgehead atoms. The van der Waals surface area contributed by atoms with Crippen LogP contribution in [0.4, 0.5) is 4.39 Å². The average Bonchev–Trinajstić information content (AvgIpc) is 3.58. The maximum atomic E-state index is 14.1. The maximum absolute atomic E-state index is 14.1. The van der Waals surface area contributed by atoms with E-state index in [-0.39, 0.29) is 29.2 Å². The van der Waals surface area contributed by atoms with Crippen molar-refractivity contribution >= 4 is 34.9 Å². The number of rotatable bonds is 6. The molecule has 0 saturated carbocycles. The summed E-state index contributed by atoms with van der Waals surface area (Å²) in [5.74, 6) is 0.0157. The summed E-state index contributed by atoms with van der Waals surface area (Å²) < 4.78 is 16.1. The van der Waals surface area contributed by atoms with E-state index in [1.165, 1.54) is 23.9 Å². The summed E-state index contributed by atoms with van der Waals surface area (Å²) in [4.78, 5) is 30.3. The number of carbonyl (C=O) groups is 2. The Hall–Kier alpha value is -3.50.